The van der Waals surface area contributed by atoms with Gasteiger partial charge in [0.1, 0.15) is 5.82 Å². The number of nitrogens with two attached hydrogens (primary N) is 1. The van der Waals surface area contributed by atoms with Gasteiger partial charge in [-0.15, -0.1) is 23.5 Å². The molecular formula is C14H12Cl2FNS2. The molecule has 2 aromatic carbocycles. The van der Waals surface area contributed by atoms with Crippen LogP contribution in [0.3, 0.4) is 0 Å². The van der Waals surface area contributed by atoms with Crippen molar-refractivity contribution in [1.82, 2.24) is 0 Å². The molecule has 2 aromatic rings. The van der Waals surface area contributed by atoms with E-state index in [0.29, 0.717) is 10.0 Å². The van der Waals surface area contributed by atoms with Gasteiger partial charge in [-0.05, 0) is 36.4 Å². The van der Waals surface area contributed by atoms with E-state index in [1.807, 2.05) is 12.1 Å². The number of hydrogen-bond acceptors (Lipinski definition) is 3. The van der Waals surface area contributed by atoms with Gasteiger partial charge in [-0.1, -0.05) is 23.2 Å². The predicted molar refractivity (Wildman–Crippen MR) is 88.7 cm³/mol. The first-order chi connectivity index (χ1) is 9.56. The molecule has 0 unspecified atom stereocenters. The minimum atomic E-state index is -0.375. The Morgan fingerprint density at radius 2 is 1.75 bits per heavy atom. The third kappa shape index (κ3) is 4.48. The van der Waals surface area contributed by atoms with E-state index in [4.69, 9.17) is 28.9 Å². The molecule has 0 fully saturated rings. The summed E-state index contributed by atoms with van der Waals surface area (Å²) < 4.78 is 13.3. The fraction of sp³-hybridized carbons (Fsp3) is 0.143. The Labute approximate surface area is 136 Å². The highest BCUT2D eigenvalue weighted by Crippen LogP contribution is 2.31. The zero-order valence-corrected chi connectivity index (χ0v) is 13.6. The third-order valence-corrected chi connectivity index (χ3v) is 5.46. The molecule has 2 rings (SSSR count). The number of halogens is 3. The summed E-state index contributed by atoms with van der Waals surface area (Å²) in [6.07, 6.45) is 0. The van der Waals surface area contributed by atoms with Crippen molar-refractivity contribution < 1.29 is 4.39 Å². The van der Waals surface area contributed by atoms with Crippen LogP contribution in [0.2, 0.25) is 10.0 Å². The van der Waals surface area contributed by atoms with Crippen molar-refractivity contribution >= 4 is 52.4 Å². The molecule has 0 aliphatic heterocycles. The molecule has 1 nitrogen and oxygen atoms in total. The van der Waals surface area contributed by atoms with Gasteiger partial charge in [-0.25, -0.2) is 4.39 Å². The summed E-state index contributed by atoms with van der Waals surface area (Å²) in [5.41, 5.74) is 5.61. The van der Waals surface area contributed by atoms with Crippen molar-refractivity contribution in [2.24, 2.45) is 0 Å². The molecule has 0 aromatic heterocycles. The summed E-state index contributed by atoms with van der Waals surface area (Å²) in [7, 11) is 0. The van der Waals surface area contributed by atoms with Crippen molar-refractivity contribution in [3.63, 3.8) is 0 Å². The number of anilines is 1. The predicted octanol–water partition coefficient (Wildman–Crippen LogP) is 5.60. The van der Waals surface area contributed by atoms with Crippen LogP contribution >= 0.6 is 46.7 Å². The van der Waals surface area contributed by atoms with E-state index < -0.39 is 0 Å². The molecule has 0 amide bonds. The molecule has 106 valence electrons. The second kappa shape index (κ2) is 7.46. The second-order valence-corrected chi connectivity index (χ2v) is 7.10. The molecule has 20 heavy (non-hydrogen) atoms. The third-order valence-electron chi connectivity index (χ3n) is 2.47. The standard InChI is InChI=1S/C14H12Cl2FNS2/c15-9-1-3-11(16)14(7-9)20-6-5-19-10-2-4-13(18)12(17)8-10/h1-4,7-8H,5-6,18H2. The van der Waals surface area contributed by atoms with Crippen LogP contribution in [0.4, 0.5) is 10.1 Å². The first-order valence-electron chi connectivity index (χ1n) is 5.82. The summed E-state index contributed by atoms with van der Waals surface area (Å²) >= 11 is 15.2. The Balaban J connectivity index is 1.84. The number of nitrogen functional groups attached to an aromatic ring is 1. The van der Waals surface area contributed by atoms with Crippen LogP contribution in [-0.2, 0) is 0 Å². The summed E-state index contributed by atoms with van der Waals surface area (Å²) in [6.45, 7) is 0. The first-order valence-corrected chi connectivity index (χ1v) is 8.54. The van der Waals surface area contributed by atoms with Crippen LogP contribution in [0.15, 0.2) is 46.2 Å². The van der Waals surface area contributed by atoms with Crippen LogP contribution in [0.1, 0.15) is 0 Å². The highest BCUT2D eigenvalue weighted by atomic mass is 35.5. The Morgan fingerprint density at radius 3 is 2.50 bits per heavy atom. The Hall–Kier alpha value is -0.550. The Kier molecular flexibility index (Phi) is 5.90. The maximum absolute atomic E-state index is 13.3. The molecule has 6 heteroatoms. The molecule has 0 saturated heterocycles. The summed E-state index contributed by atoms with van der Waals surface area (Å²) in [6, 6.07) is 10.3. The summed E-state index contributed by atoms with van der Waals surface area (Å²) in [4.78, 5) is 1.83. The summed E-state index contributed by atoms with van der Waals surface area (Å²) in [5, 5.41) is 1.37. The lowest BCUT2D eigenvalue weighted by atomic mass is 10.3. The quantitative estimate of drug-likeness (QED) is 0.433. The number of hydrogen-bond donors (Lipinski definition) is 1. The zero-order valence-electron chi connectivity index (χ0n) is 10.4. The van der Waals surface area contributed by atoms with Gasteiger partial charge < -0.3 is 5.73 Å². The van der Waals surface area contributed by atoms with E-state index in [-0.39, 0.29) is 11.5 Å². The van der Waals surface area contributed by atoms with Gasteiger partial charge in [0.25, 0.3) is 0 Å². The number of rotatable bonds is 5. The van der Waals surface area contributed by atoms with E-state index in [0.717, 1.165) is 21.3 Å². The van der Waals surface area contributed by atoms with Crippen molar-refractivity contribution in [2.45, 2.75) is 9.79 Å². The summed E-state index contributed by atoms with van der Waals surface area (Å²) in [5.74, 6) is 1.33. The largest absolute Gasteiger partial charge is 0.396 e. The lowest BCUT2D eigenvalue weighted by molar-refractivity contribution is 0.629. The smallest absolute Gasteiger partial charge is 0.147 e. The van der Waals surface area contributed by atoms with Gasteiger partial charge in [0.2, 0.25) is 0 Å². The fourth-order valence-corrected chi connectivity index (χ4v) is 3.90. The van der Waals surface area contributed by atoms with Crippen LogP contribution in [0.25, 0.3) is 0 Å². The SMILES string of the molecule is Nc1ccc(SCCSc2cc(Cl)ccc2Cl)cc1F. The van der Waals surface area contributed by atoms with Crippen molar-refractivity contribution in [3.05, 3.63) is 52.3 Å². The maximum Gasteiger partial charge on any atom is 0.147 e. The lowest BCUT2D eigenvalue weighted by Gasteiger charge is -2.05. The number of benzene rings is 2. The lowest BCUT2D eigenvalue weighted by Crippen LogP contribution is -1.91. The van der Waals surface area contributed by atoms with Gasteiger partial charge in [-0.2, -0.15) is 0 Å². The Bertz CT molecular complexity index is 608. The molecule has 0 bridgehead atoms. The van der Waals surface area contributed by atoms with Crippen LogP contribution in [0.5, 0.6) is 0 Å². The topological polar surface area (TPSA) is 26.0 Å². The molecule has 0 radical (unpaired) electrons. The average Bonchev–Trinajstić information content (AvgIpc) is 2.42. The normalized spacial score (nSPS) is 10.8. The molecule has 0 aliphatic rings. The zero-order chi connectivity index (χ0) is 14.5. The fourth-order valence-electron chi connectivity index (χ4n) is 1.50. The maximum atomic E-state index is 13.3. The monoisotopic (exact) mass is 347 g/mol. The Morgan fingerprint density at radius 1 is 1.00 bits per heavy atom. The molecular weight excluding hydrogens is 336 g/mol. The minimum absolute atomic E-state index is 0.175. The molecule has 2 N–H and O–H groups in total. The molecule has 0 heterocycles. The first kappa shape index (κ1) is 15.8. The van der Waals surface area contributed by atoms with Crippen molar-refractivity contribution in [1.29, 1.82) is 0 Å². The van der Waals surface area contributed by atoms with Crippen LogP contribution in [0, 0.1) is 5.82 Å². The van der Waals surface area contributed by atoms with E-state index in [1.54, 1.807) is 41.7 Å². The van der Waals surface area contributed by atoms with E-state index in [1.165, 1.54) is 6.07 Å². The van der Waals surface area contributed by atoms with Crippen LogP contribution in [-0.4, -0.2) is 11.5 Å². The van der Waals surface area contributed by atoms with Gasteiger partial charge in [0.15, 0.2) is 0 Å². The molecule has 0 spiro atoms. The minimum Gasteiger partial charge on any atom is -0.396 e. The van der Waals surface area contributed by atoms with Gasteiger partial charge in [-0.3, -0.25) is 0 Å². The molecule has 0 aliphatic carbocycles. The van der Waals surface area contributed by atoms with Crippen molar-refractivity contribution in [2.75, 3.05) is 17.2 Å². The molecule has 0 atom stereocenters. The molecule has 0 saturated carbocycles. The average molecular weight is 348 g/mol. The second-order valence-electron chi connectivity index (χ2n) is 3.95. The van der Waals surface area contributed by atoms with E-state index in [9.17, 15) is 4.39 Å². The van der Waals surface area contributed by atoms with E-state index >= 15 is 0 Å². The van der Waals surface area contributed by atoms with Crippen LogP contribution < -0.4 is 5.73 Å². The van der Waals surface area contributed by atoms with Crippen molar-refractivity contribution in [3.8, 4) is 0 Å². The number of thioether (sulfide) groups is 2. The highest BCUT2D eigenvalue weighted by molar-refractivity contribution is 8.03. The van der Waals surface area contributed by atoms with Gasteiger partial charge in [0, 0.05) is 26.3 Å². The van der Waals surface area contributed by atoms with Gasteiger partial charge in [0.05, 0.1) is 10.7 Å². The highest BCUT2D eigenvalue weighted by Gasteiger charge is 2.04. The van der Waals surface area contributed by atoms with Gasteiger partial charge >= 0.3 is 0 Å². The van der Waals surface area contributed by atoms with E-state index in [2.05, 4.69) is 0 Å².